The van der Waals surface area contributed by atoms with Gasteiger partial charge in [0.2, 0.25) is 0 Å². The van der Waals surface area contributed by atoms with E-state index in [-0.39, 0.29) is 0 Å². The molecule has 0 radical (unpaired) electrons. The monoisotopic (exact) mass is 211 g/mol. The van der Waals surface area contributed by atoms with Gasteiger partial charge in [-0.05, 0) is 31.6 Å². The first-order chi connectivity index (χ1) is 7.25. The summed E-state index contributed by atoms with van der Waals surface area (Å²) in [7, 11) is 0. The second-order valence-corrected chi connectivity index (χ2v) is 5.54. The molecule has 0 aromatic carbocycles. The van der Waals surface area contributed by atoms with Crippen LogP contribution >= 0.6 is 0 Å². The zero-order valence-electron chi connectivity index (χ0n) is 10.2. The Morgan fingerprint density at radius 2 is 1.87 bits per heavy atom. The molecule has 1 aliphatic carbocycles. The summed E-state index contributed by atoms with van der Waals surface area (Å²) in [5, 5.41) is 0. The highest BCUT2D eigenvalue weighted by atomic mass is 16.5. The fourth-order valence-electron chi connectivity index (χ4n) is 2.88. The average Bonchev–Trinajstić information content (AvgIpc) is 2.25. The zero-order chi connectivity index (χ0) is 10.7. The topological polar surface area (TPSA) is 12.5 Å². The van der Waals surface area contributed by atoms with Crippen LogP contribution in [0.15, 0.2) is 0 Å². The van der Waals surface area contributed by atoms with E-state index in [0.29, 0.717) is 6.04 Å². The van der Waals surface area contributed by atoms with Crippen LogP contribution in [0.25, 0.3) is 0 Å². The lowest BCUT2D eigenvalue weighted by atomic mass is 9.82. The Balaban J connectivity index is 1.75. The molecule has 88 valence electrons. The number of ether oxygens (including phenoxy) is 1. The summed E-state index contributed by atoms with van der Waals surface area (Å²) in [4.78, 5) is 2.63. The maximum atomic E-state index is 5.48. The van der Waals surface area contributed by atoms with E-state index in [2.05, 4.69) is 18.7 Å². The van der Waals surface area contributed by atoms with Gasteiger partial charge in [-0.15, -0.1) is 0 Å². The van der Waals surface area contributed by atoms with Crippen LogP contribution in [0.3, 0.4) is 0 Å². The summed E-state index contributed by atoms with van der Waals surface area (Å²) in [6, 6.07) is 0.637. The summed E-state index contributed by atoms with van der Waals surface area (Å²) in [5.41, 5.74) is 0. The van der Waals surface area contributed by atoms with Crippen molar-refractivity contribution in [2.75, 3.05) is 26.3 Å². The van der Waals surface area contributed by atoms with Gasteiger partial charge < -0.3 is 4.74 Å². The van der Waals surface area contributed by atoms with Crippen LogP contribution in [-0.2, 0) is 4.74 Å². The van der Waals surface area contributed by atoms with Gasteiger partial charge >= 0.3 is 0 Å². The summed E-state index contributed by atoms with van der Waals surface area (Å²) in [6.07, 6.45) is 5.79. The largest absolute Gasteiger partial charge is 0.379 e. The maximum Gasteiger partial charge on any atom is 0.0619 e. The highest BCUT2D eigenvalue weighted by Crippen LogP contribution is 2.29. The predicted octanol–water partition coefficient (Wildman–Crippen LogP) is 2.53. The number of rotatable bonds is 2. The molecule has 2 fully saturated rings. The van der Waals surface area contributed by atoms with E-state index in [9.17, 15) is 0 Å². The van der Waals surface area contributed by atoms with Crippen molar-refractivity contribution in [1.29, 1.82) is 0 Å². The zero-order valence-corrected chi connectivity index (χ0v) is 10.2. The summed E-state index contributed by atoms with van der Waals surface area (Å²) in [5.74, 6) is 1.94. The Hall–Kier alpha value is -0.0800. The molecule has 0 amide bonds. The minimum absolute atomic E-state index is 0.637. The first-order valence-electron chi connectivity index (χ1n) is 6.57. The third-order valence-corrected chi connectivity index (χ3v) is 4.13. The maximum absolute atomic E-state index is 5.48. The van der Waals surface area contributed by atoms with Crippen molar-refractivity contribution in [3.05, 3.63) is 0 Å². The van der Waals surface area contributed by atoms with Crippen LogP contribution in [-0.4, -0.2) is 37.2 Å². The van der Waals surface area contributed by atoms with Gasteiger partial charge in [0.15, 0.2) is 0 Å². The third-order valence-electron chi connectivity index (χ3n) is 4.13. The van der Waals surface area contributed by atoms with Gasteiger partial charge in [-0.25, -0.2) is 0 Å². The fourth-order valence-corrected chi connectivity index (χ4v) is 2.88. The summed E-state index contributed by atoms with van der Waals surface area (Å²) < 4.78 is 5.48. The van der Waals surface area contributed by atoms with Crippen molar-refractivity contribution in [2.24, 2.45) is 11.8 Å². The lowest BCUT2D eigenvalue weighted by Gasteiger charge is -2.37. The molecule has 1 atom stereocenters. The lowest BCUT2D eigenvalue weighted by Crippen LogP contribution is -2.46. The first-order valence-corrected chi connectivity index (χ1v) is 6.57. The van der Waals surface area contributed by atoms with Crippen LogP contribution < -0.4 is 0 Å². The van der Waals surface area contributed by atoms with E-state index in [0.717, 1.165) is 31.6 Å². The van der Waals surface area contributed by atoms with E-state index in [1.54, 1.807) is 0 Å². The van der Waals surface area contributed by atoms with Gasteiger partial charge in [-0.2, -0.15) is 0 Å². The molecule has 2 nitrogen and oxygen atoms in total. The van der Waals surface area contributed by atoms with Crippen LogP contribution in [0.5, 0.6) is 0 Å². The standard InChI is InChI=1S/C13H25NO/c1-11-3-5-13(6-4-11)9-14-7-8-15-10-12(14)2/h11-13H,3-10H2,1-2H3/t11?,12-,13?/m0/s1. The van der Waals surface area contributed by atoms with Gasteiger partial charge in [0, 0.05) is 19.1 Å². The molecule has 0 N–H and O–H groups in total. The number of hydrogen-bond donors (Lipinski definition) is 0. The van der Waals surface area contributed by atoms with E-state index < -0.39 is 0 Å². The van der Waals surface area contributed by atoms with Crippen molar-refractivity contribution < 1.29 is 4.74 Å². The molecule has 1 saturated carbocycles. The van der Waals surface area contributed by atoms with Gasteiger partial charge in [-0.3, -0.25) is 4.90 Å². The number of hydrogen-bond acceptors (Lipinski definition) is 2. The normalized spacial score (nSPS) is 39.2. The molecule has 2 rings (SSSR count). The minimum Gasteiger partial charge on any atom is -0.379 e. The summed E-state index contributed by atoms with van der Waals surface area (Å²) in [6.45, 7) is 9.03. The fraction of sp³-hybridized carbons (Fsp3) is 1.00. The van der Waals surface area contributed by atoms with Crippen molar-refractivity contribution >= 4 is 0 Å². The highest BCUT2D eigenvalue weighted by molar-refractivity contribution is 4.77. The Kier molecular flexibility index (Phi) is 4.04. The molecule has 1 heterocycles. The molecule has 0 aromatic heterocycles. The van der Waals surface area contributed by atoms with Crippen LogP contribution in [0.1, 0.15) is 39.5 Å². The quantitative estimate of drug-likeness (QED) is 0.696. The van der Waals surface area contributed by atoms with Gasteiger partial charge in [-0.1, -0.05) is 19.8 Å². The summed E-state index contributed by atoms with van der Waals surface area (Å²) >= 11 is 0. The van der Waals surface area contributed by atoms with E-state index in [1.807, 2.05) is 0 Å². The first kappa shape index (κ1) is 11.4. The van der Waals surface area contributed by atoms with E-state index in [1.165, 1.54) is 32.2 Å². The molecule has 2 aliphatic rings. The van der Waals surface area contributed by atoms with Gasteiger partial charge in [0.05, 0.1) is 13.2 Å². The van der Waals surface area contributed by atoms with Crippen molar-refractivity contribution in [2.45, 2.75) is 45.6 Å². The molecule has 0 spiro atoms. The SMILES string of the molecule is CC1CCC(CN2CCOC[C@@H]2C)CC1. The smallest absolute Gasteiger partial charge is 0.0619 e. The highest BCUT2D eigenvalue weighted by Gasteiger charge is 2.24. The van der Waals surface area contributed by atoms with Gasteiger partial charge in [0.1, 0.15) is 0 Å². The second-order valence-electron chi connectivity index (χ2n) is 5.54. The molecule has 0 aromatic rings. The molecule has 0 unspecified atom stereocenters. The number of morpholine rings is 1. The average molecular weight is 211 g/mol. The Morgan fingerprint density at radius 3 is 2.53 bits per heavy atom. The predicted molar refractivity (Wildman–Crippen MR) is 63.0 cm³/mol. The van der Waals surface area contributed by atoms with Crippen LogP contribution in [0.2, 0.25) is 0 Å². The Labute approximate surface area is 94.0 Å². The van der Waals surface area contributed by atoms with Crippen LogP contribution in [0.4, 0.5) is 0 Å². The third kappa shape index (κ3) is 3.18. The minimum atomic E-state index is 0.637. The second kappa shape index (κ2) is 5.31. The van der Waals surface area contributed by atoms with Crippen molar-refractivity contribution in [3.63, 3.8) is 0 Å². The Morgan fingerprint density at radius 1 is 1.13 bits per heavy atom. The molecular weight excluding hydrogens is 186 g/mol. The molecular formula is C13H25NO. The Bertz CT molecular complexity index is 187. The van der Waals surface area contributed by atoms with E-state index >= 15 is 0 Å². The van der Waals surface area contributed by atoms with Crippen LogP contribution in [0, 0.1) is 11.8 Å². The van der Waals surface area contributed by atoms with E-state index in [4.69, 9.17) is 4.74 Å². The number of nitrogens with zero attached hydrogens (tertiary/aromatic N) is 1. The molecule has 0 bridgehead atoms. The lowest BCUT2D eigenvalue weighted by molar-refractivity contribution is -0.0105. The molecule has 15 heavy (non-hydrogen) atoms. The molecule has 1 aliphatic heterocycles. The molecule has 1 saturated heterocycles. The molecule has 2 heteroatoms. The van der Waals surface area contributed by atoms with Crippen molar-refractivity contribution in [3.8, 4) is 0 Å². The van der Waals surface area contributed by atoms with Crippen molar-refractivity contribution in [1.82, 2.24) is 4.90 Å². The van der Waals surface area contributed by atoms with Gasteiger partial charge in [0.25, 0.3) is 0 Å².